The first-order valence-electron chi connectivity index (χ1n) is 5.13. The normalized spacial score (nSPS) is 10.2. The number of aromatic nitrogens is 4. The summed E-state index contributed by atoms with van der Waals surface area (Å²) in [6, 6.07) is 0. The van der Waals surface area contributed by atoms with Gasteiger partial charge in [0.15, 0.2) is 17.5 Å². The molecule has 0 amide bonds. The number of hydrogen-bond acceptors (Lipinski definition) is 9. The molecule has 0 saturated heterocycles. The minimum atomic E-state index is 0.356. The van der Waals surface area contributed by atoms with Crippen molar-refractivity contribution in [2.75, 3.05) is 17.9 Å². The highest BCUT2D eigenvalue weighted by atomic mass is 16.5. The van der Waals surface area contributed by atoms with Crippen LogP contribution >= 0.6 is 0 Å². The summed E-state index contributed by atoms with van der Waals surface area (Å²) in [5.74, 6) is 7.64. The number of hydrazine groups is 1. The monoisotopic (exact) mass is 251 g/mol. The summed E-state index contributed by atoms with van der Waals surface area (Å²) in [5.41, 5.74) is 2.42. The standard InChI is InChI=1S/C9H13N7O2/c1-5-14-6(16-18-5)3-11-8-7(17-2)9(15-10)13-4-12-8/h4H,3,10H2,1-2H3,(H2,11,12,13,15). The fourth-order valence-electron chi connectivity index (χ4n) is 1.37. The van der Waals surface area contributed by atoms with Crippen molar-refractivity contribution >= 4 is 11.6 Å². The minimum absolute atomic E-state index is 0.356. The molecule has 18 heavy (non-hydrogen) atoms. The molecule has 0 aliphatic carbocycles. The van der Waals surface area contributed by atoms with Crippen LogP contribution in [-0.4, -0.2) is 27.2 Å². The predicted octanol–water partition coefficient (Wildman–Crippen LogP) is 0.0743. The maximum Gasteiger partial charge on any atom is 0.223 e. The first-order valence-corrected chi connectivity index (χ1v) is 5.13. The van der Waals surface area contributed by atoms with Gasteiger partial charge in [-0.15, -0.1) is 0 Å². The molecule has 0 fully saturated rings. The highest BCUT2D eigenvalue weighted by Crippen LogP contribution is 2.28. The van der Waals surface area contributed by atoms with Crippen molar-refractivity contribution in [2.24, 2.45) is 5.84 Å². The van der Waals surface area contributed by atoms with Crippen molar-refractivity contribution in [2.45, 2.75) is 13.5 Å². The van der Waals surface area contributed by atoms with Crippen LogP contribution in [-0.2, 0) is 6.54 Å². The Morgan fingerprint density at radius 3 is 2.78 bits per heavy atom. The molecular weight excluding hydrogens is 238 g/mol. The van der Waals surface area contributed by atoms with Gasteiger partial charge in [0.1, 0.15) is 6.33 Å². The van der Waals surface area contributed by atoms with Crippen molar-refractivity contribution < 1.29 is 9.26 Å². The van der Waals surface area contributed by atoms with Gasteiger partial charge < -0.3 is 20.0 Å². The summed E-state index contributed by atoms with van der Waals surface area (Å²) in [6.07, 6.45) is 1.36. The maximum absolute atomic E-state index is 5.32. The molecule has 0 spiro atoms. The Balaban J connectivity index is 2.13. The third-order valence-electron chi connectivity index (χ3n) is 2.13. The lowest BCUT2D eigenvalue weighted by Crippen LogP contribution is -2.12. The summed E-state index contributed by atoms with van der Waals surface area (Å²) >= 11 is 0. The van der Waals surface area contributed by atoms with Crippen LogP contribution < -0.4 is 21.3 Å². The molecule has 0 aliphatic rings. The highest BCUT2D eigenvalue weighted by Gasteiger charge is 2.11. The van der Waals surface area contributed by atoms with Crippen LogP contribution in [0, 0.1) is 6.92 Å². The summed E-state index contributed by atoms with van der Waals surface area (Å²) in [5, 5.41) is 6.77. The van der Waals surface area contributed by atoms with E-state index in [9.17, 15) is 0 Å². The largest absolute Gasteiger partial charge is 0.490 e. The van der Waals surface area contributed by atoms with Crippen molar-refractivity contribution in [1.82, 2.24) is 20.1 Å². The Kier molecular flexibility index (Phi) is 3.53. The van der Waals surface area contributed by atoms with Crippen molar-refractivity contribution in [1.29, 1.82) is 0 Å². The van der Waals surface area contributed by atoms with Crippen LogP contribution in [0.3, 0.4) is 0 Å². The molecule has 0 bridgehead atoms. The van der Waals surface area contributed by atoms with Gasteiger partial charge in [0, 0.05) is 6.92 Å². The lowest BCUT2D eigenvalue weighted by molar-refractivity contribution is 0.388. The fraction of sp³-hybridized carbons (Fsp3) is 0.333. The quantitative estimate of drug-likeness (QED) is 0.500. The summed E-state index contributed by atoms with van der Waals surface area (Å²) in [4.78, 5) is 12.0. The highest BCUT2D eigenvalue weighted by molar-refractivity contribution is 5.62. The van der Waals surface area contributed by atoms with Crippen molar-refractivity contribution in [3.63, 3.8) is 0 Å². The van der Waals surface area contributed by atoms with Gasteiger partial charge in [-0.25, -0.2) is 15.8 Å². The third-order valence-corrected chi connectivity index (χ3v) is 2.13. The number of methoxy groups -OCH3 is 1. The average molecular weight is 251 g/mol. The second kappa shape index (κ2) is 5.27. The SMILES string of the molecule is COc1c(NN)ncnc1NCc1noc(C)n1. The van der Waals surface area contributed by atoms with E-state index in [2.05, 4.69) is 30.9 Å². The van der Waals surface area contributed by atoms with E-state index in [0.717, 1.165) is 0 Å². The number of nitrogens with zero attached hydrogens (tertiary/aromatic N) is 4. The van der Waals surface area contributed by atoms with E-state index in [1.165, 1.54) is 13.4 Å². The lowest BCUT2D eigenvalue weighted by atomic mass is 10.4. The second-order valence-electron chi connectivity index (χ2n) is 3.33. The molecule has 9 heteroatoms. The Hall–Kier alpha value is -2.42. The molecule has 2 aromatic rings. The first kappa shape index (κ1) is 12.0. The summed E-state index contributed by atoms with van der Waals surface area (Å²) < 4.78 is 10.0. The van der Waals surface area contributed by atoms with Crippen LogP contribution in [0.4, 0.5) is 11.6 Å². The van der Waals surface area contributed by atoms with Gasteiger partial charge in [-0.3, -0.25) is 0 Å². The molecule has 0 aliphatic heterocycles. The van der Waals surface area contributed by atoms with Crippen molar-refractivity contribution in [3.05, 3.63) is 18.0 Å². The topological polar surface area (TPSA) is 124 Å². The zero-order chi connectivity index (χ0) is 13.0. The van der Waals surface area contributed by atoms with Crippen molar-refractivity contribution in [3.8, 4) is 5.75 Å². The van der Waals surface area contributed by atoms with Gasteiger partial charge in [-0.05, 0) is 0 Å². The molecular formula is C9H13N7O2. The van der Waals surface area contributed by atoms with Gasteiger partial charge in [0.05, 0.1) is 13.7 Å². The first-order chi connectivity index (χ1) is 8.74. The predicted molar refractivity (Wildman–Crippen MR) is 62.8 cm³/mol. The smallest absolute Gasteiger partial charge is 0.223 e. The summed E-state index contributed by atoms with van der Waals surface area (Å²) in [6.45, 7) is 2.08. The molecule has 0 aromatic carbocycles. The third kappa shape index (κ3) is 2.46. The molecule has 2 heterocycles. The van der Waals surface area contributed by atoms with Crippen LogP contribution in [0.25, 0.3) is 0 Å². The van der Waals surface area contributed by atoms with E-state index in [1.807, 2.05) is 0 Å². The number of aryl methyl sites for hydroxylation is 1. The number of nitrogens with two attached hydrogens (primary N) is 1. The second-order valence-corrected chi connectivity index (χ2v) is 3.33. The van der Waals surface area contributed by atoms with Gasteiger partial charge in [-0.1, -0.05) is 5.16 Å². The average Bonchev–Trinajstić information content (AvgIpc) is 2.81. The Morgan fingerprint density at radius 1 is 1.39 bits per heavy atom. The molecule has 2 rings (SSSR count). The Labute approximate surface area is 103 Å². The number of rotatable bonds is 5. The minimum Gasteiger partial charge on any atom is -0.490 e. The van der Waals surface area contributed by atoms with E-state index in [0.29, 0.717) is 35.6 Å². The van der Waals surface area contributed by atoms with E-state index < -0.39 is 0 Å². The number of ether oxygens (including phenoxy) is 1. The Bertz CT molecular complexity index is 527. The zero-order valence-electron chi connectivity index (χ0n) is 9.97. The van der Waals surface area contributed by atoms with Crippen LogP contribution in [0.15, 0.2) is 10.9 Å². The number of anilines is 2. The fourth-order valence-corrected chi connectivity index (χ4v) is 1.37. The van der Waals surface area contributed by atoms with Gasteiger partial charge in [-0.2, -0.15) is 4.98 Å². The maximum atomic E-state index is 5.32. The lowest BCUT2D eigenvalue weighted by Gasteiger charge is -2.11. The van der Waals surface area contributed by atoms with Gasteiger partial charge >= 0.3 is 0 Å². The van der Waals surface area contributed by atoms with E-state index >= 15 is 0 Å². The van der Waals surface area contributed by atoms with E-state index in [1.54, 1.807) is 6.92 Å². The molecule has 2 aromatic heterocycles. The molecule has 0 atom stereocenters. The van der Waals surface area contributed by atoms with Gasteiger partial charge in [0.2, 0.25) is 11.6 Å². The van der Waals surface area contributed by atoms with Crippen LogP contribution in [0.5, 0.6) is 5.75 Å². The molecule has 0 unspecified atom stereocenters. The molecule has 96 valence electrons. The number of nitrogen functional groups attached to an aromatic ring is 1. The van der Waals surface area contributed by atoms with Crippen LogP contribution in [0.1, 0.15) is 11.7 Å². The number of nitrogens with one attached hydrogen (secondary N) is 2. The Morgan fingerprint density at radius 2 is 2.17 bits per heavy atom. The molecule has 0 saturated carbocycles. The van der Waals surface area contributed by atoms with E-state index in [-0.39, 0.29) is 0 Å². The molecule has 9 nitrogen and oxygen atoms in total. The van der Waals surface area contributed by atoms with Crippen LogP contribution in [0.2, 0.25) is 0 Å². The summed E-state index contributed by atoms with van der Waals surface area (Å²) in [7, 11) is 1.50. The van der Waals surface area contributed by atoms with Gasteiger partial charge in [0.25, 0.3) is 0 Å². The molecule has 0 radical (unpaired) electrons. The molecule has 4 N–H and O–H groups in total. The van der Waals surface area contributed by atoms with E-state index in [4.69, 9.17) is 15.1 Å². The number of hydrogen-bond donors (Lipinski definition) is 3. The zero-order valence-corrected chi connectivity index (χ0v) is 9.97.